The monoisotopic (exact) mass is 234 g/mol. The Morgan fingerprint density at radius 2 is 2.29 bits per heavy atom. The Morgan fingerprint density at radius 1 is 1.53 bits per heavy atom. The van der Waals surface area contributed by atoms with Gasteiger partial charge in [0, 0.05) is 19.3 Å². The summed E-state index contributed by atoms with van der Waals surface area (Å²) in [6.45, 7) is 4.05. The molecule has 4 nitrogen and oxygen atoms in total. The molecule has 0 radical (unpaired) electrons. The molecule has 1 saturated carbocycles. The maximum atomic E-state index is 10.7. The number of carbonyl (C=O) groups is 1. The molecule has 1 aromatic heterocycles. The van der Waals surface area contributed by atoms with E-state index in [1.165, 1.54) is 25.5 Å². The predicted molar refractivity (Wildman–Crippen MR) is 66.4 cm³/mol. The molecule has 0 aliphatic heterocycles. The normalized spacial score (nSPS) is 15.4. The minimum atomic E-state index is -0.925. The Hall–Kier alpha value is -1.58. The average Bonchev–Trinajstić information content (AvgIpc) is 2.28. The van der Waals surface area contributed by atoms with Gasteiger partial charge in [-0.05, 0) is 37.8 Å². The van der Waals surface area contributed by atoms with Crippen LogP contribution in [0, 0.1) is 5.92 Å². The zero-order chi connectivity index (χ0) is 12.3. The summed E-state index contributed by atoms with van der Waals surface area (Å²) in [5.41, 5.74) is 0.244. The smallest absolute Gasteiger partial charge is 0.337 e. The minimum Gasteiger partial charge on any atom is -0.478 e. The van der Waals surface area contributed by atoms with Crippen LogP contribution >= 0.6 is 0 Å². The third kappa shape index (κ3) is 2.75. The Kier molecular flexibility index (Phi) is 3.61. The van der Waals surface area contributed by atoms with Crippen molar-refractivity contribution in [2.24, 2.45) is 5.92 Å². The second-order valence-corrected chi connectivity index (χ2v) is 4.55. The van der Waals surface area contributed by atoms with E-state index in [9.17, 15) is 4.79 Å². The highest BCUT2D eigenvalue weighted by molar-refractivity contribution is 5.87. The Balaban J connectivity index is 2.04. The van der Waals surface area contributed by atoms with Gasteiger partial charge < -0.3 is 10.0 Å². The first-order valence-electron chi connectivity index (χ1n) is 6.15. The minimum absolute atomic E-state index is 0.244. The number of aromatic carboxylic acids is 1. The number of pyridine rings is 1. The molecule has 1 aliphatic carbocycles. The summed E-state index contributed by atoms with van der Waals surface area (Å²) < 4.78 is 0. The molecule has 0 atom stereocenters. The maximum Gasteiger partial charge on any atom is 0.337 e. The molecule has 0 saturated heterocycles. The molecular weight excluding hydrogens is 216 g/mol. The summed E-state index contributed by atoms with van der Waals surface area (Å²) in [6, 6.07) is 3.42. The Morgan fingerprint density at radius 3 is 2.71 bits per heavy atom. The van der Waals surface area contributed by atoms with Crippen LogP contribution in [0.3, 0.4) is 0 Å². The molecule has 1 fully saturated rings. The van der Waals surface area contributed by atoms with Gasteiger partial charge in [0.15, 0.2) is 0 Å². The summed E-state index contributed by atoms with van der Waals surface area (Å²) in [7, 11) is 0. The highest BCUT2D eigenvalue weighted by Crippen LogP contribution is 2.28. The van der Waals surface area contributed by atoms with E-state index in [2.05, 4.69) is 16.8 Å². The van der Waals surface area contributed by atoms with Gasteiger partial charge in [0.1, 0.15) is 5.82 Å². The molecule has 4 heteroatoms. The van der Waals surface area contributed by atoms with Crippen molar-refractivity contribution >= 4 is 11.8 Å². The summed E-state index contributed by atoms with van der Waals surface area (Å²) in [4.78, 5) is 17.2. The van der Waals surface area contributed by atoms with Crippen molar-refractivity contribution in [3.63, 3.8) is 0 Å². The van der Waals surface area contributed by atoms with Crippen LogP contribution in [0.15, 0.2) is 18.3 Å². The van der Waals surface area contributed by atoms with Crippen LogP contribution in [0.25, 0.3) is 0 Å². The van der Waals surface area contributed by atoms with Crippen LogP contribution in [0.5, 0.6) is 0 Å². The number of anilines is 1. The van der Waals surface area contributed by atoms with Crippen molar-refractivity contribution in [1.29, 1.82) is 0 Å². The Labute approximate surface area is 101 Å². The van der Waals surface area contributed by atoms with Crippen molar-refractivity contribution in [3.05, 3.63) is 23.9 Å². The quantitative estimate of drug-likeness (QED) is 0.850. The SMILES string of the molecule is CCN(CC1CCC1)c1ccc(C(=O)O)cn1. The maximum absolute atomic E-state index is 10.7. The molecule has 17 heavy (non-hydrogen) atoms. The second kappa shape index (κ2) is 5.17. The molecule has 0 amide bonds. The van der Waals surface area contributed by atoms with Gasteiger partial charge in [0.25, 0.3) is 0 Å². The lowest BCUT2D eigenvalue weighted by atomic mass is 9.85. The van der Waals surface area contributed by atoms with Crippen LogP contribution in [0.1, 0.15) is 36.5 Å². The number of hydrogen-bond acceptors (Lipinski definition) is 3. The topological polar surface area (TPSA) is 53.4 Å². The molecular formula is C13H18N2O2. The molecule has 0 spiro atoms. The molecule has 1 heterocycles. The first kappa shape index (κ1) is 11.9. The van der Waals surface area contributed by atoms with Gasteiger partial charge in [0.2, 0.25) is 0 Å². The molecule has 1 aliphatic rings. The van der Waals surface area contributed by atoms with Crippen LogP contribution < -0.4 is 4.90 Å². The van der Waals surface area contributed by atoms with Gasteiger partial charge in [0.05, 0.1) is 5.56 Å². The number of nitrogens with zero attached hydrogens (tertiary/aromatic N) is 2. The fourth-order valence-electron chi connectivity index (χ4n) is 2.07. The standard InChI is InChI=1S/C13H18N2O2/c1-2-15(9-10-4-3-5-10)12-7-6-11(8-14-12)13(16)17/h6-8,10H,2-5,9H2,1H3,(H,16,17). The molecule has 2 rings (SSSR count). The van der Waals surface area contributed by atoms with Gasteiger partial charge in [-0.3, -0.25) is 0 Å². The van der Waals surface area contributed by atoms with Crippen LogP contribution in [-0.2, 0) is 0 Å². The summed E-state index contributed by atoms with van der Waals surface area (Å²) in [5, 5.41) is 8.81. The van der Waals surface area contributed by atoms with Crippen molar-refractivity contribution < 1.29 is 9.90 Å². The average molecular weight is 234 g/mol. The van der Waals surface area contributed by atoms with Crippen LogP contribution in [-0.4, -0.2) is 29.1 Å². The fourth-order valence-corrected chi connectivity index (χ4v) is 2.07. The van der Waals surface area contributed by atoms with Crippen LogP contribution in [0.2, 0.25) is 0 Å². The van der Waals surface area contributed by atoms with Gasteiger partial charge in [-0.2, -0.15) is 0 Å². The van der Waals surface area contributed by atoms with Crippen LogP contribution in [0.4, 0.5) is 5.82 Å². The lowest BCUT2D eigenvalue weighted by Gasteiger charge is -2.32. The second-order valence-electron chi connectivity index (χ2n) is 4.55. The lowest BCUT2D eigenvalue weighted by molar-refractivity contribution is 0.0696. The van der Waals surface area contributed by atoms with Crippen molar-refractivity contribution in [2.75, 3.05) is 18.0 Å². The number of hydrogen-bond donors (Lipinski definition) is 1. The molecule has 0 aromatic carbocycles. The highest BCUT2D eigenvalue weighted by atomic mass is 16.4. The number of carboxylic acid groups (broad SMARTS) is 1. The summed E-state index contributed by atoms with van der Waals surface area (Å²) in [5.74, 6) is 0.742. The van der Waals surface area contributed by atoms with E-state index in [0.29, 0.717) is 0 Å². The summed E-state index contributed by atoms with van der Waals surface area (Å²) in [6.07, 6.45) is 5.39. The first-order valence-corrected chi connectivity index (χ1v) is 6.15. The highest BCUT2D eigenvalue weighted by Gasteiger charge is 2.20. The molecule has 1 aromatic rings. The molecule has 1 N–H and O–H groups in total. The first-order chi connectivity index (χ1) is 8.20. The van der Waals surface area contributed by atoms with Gasteiger partial charge in [-0.1, -0.05) is 6.42 Å². The van der Waals surface area contributed by atoms with E-state index >= 15 is 0 Å². The van der Waals surface area contributed by atoms with E-state index < -0.39 is 5.97 Å². The van der Waals surface area contributed by atoms with Gasteiger partial charge >= 0.3 is 5.97 Å². The predicted octanol–water partition coefficient (Wildman–Crippen LogP) is 2.41. The van der Waals surface area contributed by atoms with Crippen molar-refractivity contribution in [1.82, 2.24) is 4.98 Å². The number of aromatic nitrogens is 1. The van der Waals surface area contributed by atoms with Crippen molar-refractivity contribution in [3.8, 4) is 0 Å². The third-order valence-corrected chi connectivity index (χ3v) is 3.40. The number of carboxylic acids is 1. The van der Waals surface area contributed by atoms with Gasteiger partial charge in [-0.25, -0.2) is 9.78 Å². The lowest BCUT2D eigenvalue weighted by Crippen LogP contribution is -2.32. The van der Waals surface area contributed by atoms with E-state index in [-0.39, 0.29) is 5.56 Å². The largest absolute Gasteiger partial charge is 0.478 e. The van der Waals surface area contributed by atoms with E-state index in [1.807, 2.05) is 0 Å². The summed E-state index contributed by atoms with van der Waals surface area (Å²) >= 11 is 0. The number of rotatable bonds is 5. The van der Waals surface area contributed by atoms with E-state index in [1.54, 1.807) is 12.1 Å². The zero-order valence-electron chi connectivity index (χ0n) is 10.1. The van der Waals surface area contributed by atoms with Gasteiger partial charge in [-0.15, -0.1) is 0 Å². The fraction of sp³-hybridized carbons (Fsp3) is 0.538. The Bertz CT molecular complexity index is 385. The van der Waals surface area contributed by atoms with E-state index in [0.717, 1.165) is 24.8 Å². The zero-order valence-corrected chi connectivity index (χ0v) is 10.1. The molecule has 0 unspecified atom stereocenters. The molecule has 92 valence electrons. The molecule has 0 bridgehead atoms. The van der Waals surface area contributed by atoms with Crippen molar-refractivity contribution in [2.45, 2.75) is 26.2 Å². The third-order valence-electron chi connectivity index (χ3n) is 3.40. The van der Waals surface area contributed by atoms with E-state index in [4.69, 9.17) is 5.11 Å².